The molecule has 3 aromatic carbocycles. The molecule has 0 unspecified atom stereocenters. The van der Waals surface area contributed by atoms with Crippen LogP contribution >= 0.6 is 15.9 Å². The average molecular weight is 485 g/mol. The molecule has 0 saturated carbocycles. The molecular weight excluding hydrogens is 468 g/mol. The number of carbonyl (C=O) groups is 2. The molecule has 6 nitrogen and oxygen atoms in total. The van der Waals surface area contributed by atoms with Gasteiger partial charge in [0.25, 0.3) is 11.8 Å². The van der Waals surface area contributed by atoms with Crippen LogP contribution in [0.25, 0.3) is 5.70 Å². The molecule has 1 heterocycles. The van der Waals surface area contributed by atoms with Crippen molar-refractivity contribution < 1.29 is 9.59 Å². The zero-order chi connectivity index (χ0) is 22.5. The van der Waals surface area contributed by atoms with Gasteiger partial charge in [-0.2, -0.15) is 5.26 Å². The van der Waals surface area contributed by atoms with Gasteiger partial charge in [-0.3, -0.25) is 9.59 Å². The van der Waals surface area contributed by atoms with E-state index in [1.54, 1.807) is 36.4 Å². The molecule has 0 radical (unpaired) electrons. The van der Waals surface area contributed by atoms with Crippen LogP contribution in [0, 0.1) is 11.3 Å². The van der Waals surface area contributed by atoms with E-state index in [0.717, 1.165) is 10.0 Å². The van der Waals surface area contributed by atoms with Gasteiger partial charge in [-0.1, -0.05) is 76.6 Å². The van der Waals surface area contributed by atoms with Crippen LogP contribution in [0.2, 0.25) is 0 Å². The Hall–Kier alpha value is -4.02. The lowest BCUT2D eigenvalue weighted by Gasteiger charge is -2.06. The second kappa shape index (κ2) is 9.41. The van der Waals surface area contributed by atoms with Gasteiger partial charge in [-0.25, -0.2) is 4.99 Å². The Bertz CT molecular complexity index is 1310. The van der Waals surface area contributed by atoms with Crippen molar-refractivity contribution in [2.24, 2.45) is 4.99 Å². The highest BCUT2D eigenvalue weighted by Crippen LogP contribution is 2.30. The van der Waals surface area contributed by atoms with Crippen molar-refractivity contribution in [2.75, 3.05) is 0 Å². The van der Waals surface area contributed by atoms with Crippen LogP contribution in [0.5, 0.6) is 0 Å². The number of fused-ring (bicyclic) bond motifs is 1. The maximum absolute atomic E-state index is 12.8. The molecule has 2 N–H and O–H groups in total. The van der Waals surface area contributed by atoms with Crippen LogP contribution in [0.1, 0.15) is 27.0 Å². The molecule has 0 spiro atoms. The highest BCUT2D eigenvalue weighted by Gasteiger charge is 2.27. The molecule has 4 rings (SSSR count). The van der Waals surface area contributed by atoms with Crippen LogP contribution in [0.15, 0.2) is 93.9 Å². The molecule has 1 aliphatic heterocycles. The summed E-state index contributed by atoms with van der Waals surface area (Å²) >= 11 is 3.36. The van der Waals surface area contributed by atoms with Crippen molar-refractivity contribution in [3.63, 3.8) is 0 Å². The summed E-state index contributed by atoms with van der Waals surface area (Å²) in [7, 11) is 0. The number of nitrogens with zero attached hydrogens (tertiary/aromatic N) is 2. The number of amidine groups is 1. The molecule has 0 atom stereocenters. The summed E-state index contributed by atoms with van der Waals surface area (Å²) in [6, 6.07) is 25.5. The molecule has 1 aliphatic rings. The minimum atomic E-state index is -0.524. The van der Waals surface area contributed by atoms with Gasteiger partial charge < -0.3 is 10.6 Å². The number of nitrogens with one attached hydrogen (secondary N) is 2. The minimum Gasteiger partial charge on any atom is -0.347 e. The topological polar surface area (TPSA) is 94.3 Å². The summed E-state index contributed by atoms with van der Waals surface area (Å²) in [5.74, 6) is -0.568. The number of benzene rings is 3. The van der Waals surface area contributed by atoms with Gasteiger partial charge >= 0.3 is 0 Å². The highest BCUT2D eigenvalue weighted by molar-refractivity contribution is 9.10. The first-order valence-electron chi connectivity index (χ1n) is 9.78. The van der Waals surface area contributed by atoms with Crippen molar-refractivity contribution in [3.8, 4) is 6.07 Å². The lowest BCUT2D eigenvalue weighted by Crippen LogP contribution is -2.30. The molecule has 0 bridgehead atoms. The zero-order valence-electron chi connectivity index (χ0n) is 16.8. The molecule has 3 aromatic rings. The summed E-state index contributed by atoms with van der Waals surface area (Å²) in [6.07, 6.45) is 0. The van der Waals surface area contributed by atoms with Gasteiger partial charge in [0.05, 0.1) is 5.70 Å². The zero-order valence-corrected chi connectivity index (χ0v) is 18.4. The lowest BCUT2D eigenvalue weighted by atomic mass is 10.0. The average Bonchev–Trinajstić information content (AvgIpc) is 3.17. The van der Waals surface area contributed by atoms with E-state index in [-0.39, 0.29) is 23.7 Å². The first kappa shape index (κ1) is 21.2. The van der Waals surface area contributed by atoms with Crippen molar-refractivity contribution >= 4 is 39.3 Å². The van der Waals surface area contributed by atoms with Crippen LogP contribution in [0.4, 0.5) is 0 Å². The number of hydrogen-bond donors (Lipinski definition) is 2. The van der Waals surface area contributed by atoms with Gasteiger partial charge in [0.1, 0.15) is 17.5 Å². The number of carbonyl (C=O) groups excluding carboxylic acids is 2. The fourth-order valence-corrected chi connectivity index (χ4v) is 3.70. The predicted octanol–water partition coefficient (Wildman–Crippen LogP) is 4.19. The molecule has 0 fully saturated rings. The van der Waals surface area contributed by atoms with E-state index in [2.05, 4.69) is 31.6 Å². The van der Waals surface area contributed by atoms with Crippen LogP contribution in [-0.2, 0) is 11.3 Å². The highest BCUT2D eigenvalue weighted by atomic mass is 79.9. The Balaban J connectivity index is 1.64. The van der Waals surface area contributed by atoms with Crippen molar-refractivity contribution in [2.45, 2.75) is 6.54 Å². The Labute approximate surface area is 193 Å². The van der Waals surface area contributed by atoms with Crippen LogP contribution in [-0.4, -0.2) is 17.6 Å². The standard InChI is InChI=1S/C25H17BrN4O2/c26-18-10-6-9-17(13-18)24(31)30-23-20-12-5-4-11-19(20)22(29-23)21(14-27)25(32)28-15-16-7-2-1-3-8-16/h1-13H,15H2,(H,28,32)(H,29,30,31). The molecule has 7 heteroatoms. The molecule has 0 saturated heterocycles. The van der Waals surface area contributed by atoms with Gasteiger partial charge in [-0.05, 0) is 23.8 Å². The van der Waals surface area contributed by atoms with E-state index < -0.39 is 5.91 Å². The Kier molecular flexibility index (Phi) is 6.24. The minimum absolute atomic E-state index is 0.111. The van der Waals surface area contributed by atoms with Gasteiger partial charge in [0, 0.05) is 27.7 Å². The number of hydrogen-bond acceptors (Lipinski definition) is 4. The molecule has 0 aromatic heterocycles. The summed E-state index contributed by atoms with van der Waals surface area (Å²) in [5, 5.41) is 15.3. The Morgan fingerprint density at radius 3 is 2.38 bits per heavy atom. The molecular formula is C25H17BrN4O2. The maximum atomic E-state index is 12.8. The van der Waals surface area contributed by atoms with E-state index in [1.807, 2.05) is 48.5 Å². The number of rotatable bonds is 4. The Morgan fingerprint density at radius 1 is 0.938 bits per heavy atom. The third-order valence-electron chi connectivity index (χ3n) is 4.85. The molecule has 0 aliphatic carbocycles. The SMILES string of the molecule is N#CC(C(=O)NCc1ccccc1)=C1N=C(NC(=O)c2cccc(Br)c2)c2ccccc21. The third kappa shape index (κ3) is 4.51. The number of amides is 2. The number of aliphatic imine (C=N–C) groups is 1. The van der Waals surface area contributed by atoms with Crippen molar-refractivity contribution in [3.05, 3.63) is 111 Å². The fraction of sp³-hybridized carbons (Fsp3) is 0.0400. The lowest BCUT2D eigenvalue weighted by molar-refractivity contribution is -0.117. The number of halogens is 1. The Morgan fingerprint density at radius 2 is 1.66 bits per heavy atom. The second-order valence-electron chi connectivity index (χ2n) is 6.97. The van der Waals surface area contributed by atoms with E-state index in [1.165, 1.54) is 0 Å². The van der Waals surface area contributed by atoms with Gasteiger partial charge in [-0.15, -0.1) is 0 Å². The van der Waals surface area contributed by atoms with Crippen LogP contribution < -0.4 is 10.6 Å². The van der Waals surface area contributed by atoms with Gasteiger partial charge in [0.15, 0.2) is 0 Å². The molecule has 2 amide bonds. The quantitative estimate of drug-likeness (QED) is 0.429. The summed E-state index contributed by atoms with van der Waals surface area (Å²) in [4.78, 5) is 30.0. The first-order chi connectivity index (χ1) is 15.6. The molecule has 32 heavy (non-hydrogen) atoms. The van der Waals surface area contributed by atoms with E-state index in [4.69, 9.17) is 0 Å². The third-order valence-corrected chi connectivity index (χ3v) is 5.34. The smallest absolute Gasteiger partial charge is 0.264 e. The monoisotopic (exact) mass is 484 g/mol. The fourth-order valence-electron chi connectivity index (χ4n) is 3.30. The predicted molar refractivity (Wildman–Crippen MR) is 125 cm³/mol. The summed E-state index contributed by atoms with van der Waals surface area (Å²) < 4.78 is 0.779. The maximum Gasteiger partial charge on any atom is 0.264 e. The van der Waals surface area contributed by atoms with Crippen LogP contribution in [0.3, 0.4) is 0 Å². The summed E-state index contributed by atoms with van der Waals surface area (Å²) in [6.45, 7) is 0.288. The van der Waals surface area contributed by atoms with E-state index in [9.17, 15) is 14.9 Å². The van der Waals surface area contributed by atoms with E-state index in [0.29, 0.717) is 22.5 Å². The number of nitriles is 1. The summed E-state index contributed by atoms with van der Waals surface area (Å²) in [5.41, 5.74) is 2.76. The normalized spacial score (nSPS) is 13.4. The largest absolute Gasteiger partial charge is 0.347 e. The van der Waals surface area contributed by atoms with Gasteiger partial charge in [0.2, 0.25) is 0 Å². The first-order valence-corrected chi connectivity index (χ1v) is 10.6. The van der Waals surface area contributed by atoms with Crippen molar-refractivity contribution in [1.82, 2.24) is 10.6 Å². The van der Waals surface area contributed by atoms with Crippen molar-refractivity contribution in [1.29, 1.82) is 5.26 Å². The second-order valence-corrected chi connectivity index (χ2v) is 7.89. The molecule has 156 valence electrons. The van der Waals surface area contributed by atoms with E-state index >= 15 is 0 Å².